The minimum absolute atomic E-state index is 0.00264. The Hall–Kier alpha value is -2.22. The van der Waals surface area contributed by atoms with Gasteiger partial charge in [0.15, 0.2) is 9.84 Å². The number of sulfone groups is 1. The van der Waals surface area contributed by atoms with E-state index in [2.05, 4.69) is 10.6 Å². The molecule has 0 radical (unpaired) electrons. The van der Waals surface area contributed by atoms with Crippen LogP contribution in [0.1, 0.15) is 37.0 Å². The second-order valence-corrected chi connectivity index (χ2v) is 8.15. The minimum atomic E-state index is -3.61. The number of nitrogens with one attached hydrogen (secondary N) is 2. The Bertz CT molecular complexity index is 770. The smallest absolute Gasteiger partial charge is 0.253 e. The van der Waals surface area contributed by atoms with E-state index in [4.69, 9.17) is 0 Å². The summed E-state index contributed by atoms with van der Waals surface area (Å²) in [6.45, 7) is 3.56. The summed E-state index contributed by atoms with van der Waals surface area (Å²) in [5.41, 5.74) is 0.00264. The average molecular weight is 352 g/mol. The number of carbonyl (C=O) groups excluding carboxylic acids is 3. The predicted octanol–water partition coefficient (Wildman–Crippen LogP) is 0.651. The van der Waals surface area contributed by atoms with Gasteiger partial charge in [-0.25, -0.2) is 8.42 Å². The van der Waals surface area contributed by atoms with Gasteiger partial charge < -0.3 is 5.32 Å². The first-order chi connectivity index (χ1) is 11.2. The first-order valence-corrected chi connectivity index (χ1v) is 9.32. The third kappa shape index (κ3) is 4.19. The topological polar surface area (TPSA) is 109 Å². The molecule has 0 spiro atoms. The minimum Gasteiger partial charge on any atom is -0.340 e. The van der Waals surface area contributed by atoms with E-state index in [0.29, 0.717) is 0 Å². The Morgan fingerprint density at radius 2 is 1.96 bits per heavy atom. The molecular weight excluding hydrogens is 332 g/mol. The van der Waals surface area contributed by atoms with Gasteiger partial charge in [-0.1, -0.05) is 26.0 Å². The molecule has 1 saturated heterocycles. The lowest BCUT2D eigenvalue weighted by Gasteiger charge is -2.22. The Kier molecular flexibility index (Phi) is 5.38. The fourth-order valence-corrected chi connectivity index (χ4v) is 4.36. The van der Waals surface area contributed by atoms with Gasteiger partial charge in [-0.2, -0.15) is 0 Å². The highest BCUT2D eigenvalue weighted by atomic mass is 32.2. The van der Waals surface area contributed by atoms with Crippen molar-refractivity contribution in [2.45, 2.75) is 37.6 Å². The fourth-order valence-electron chi connectivity index (χ4n) is 2.52. The molecule has 1 aliphatic rings. The van der Waals surface area contributed by atoms with E-state index in [1.807, 2.05) is 0 Å². The van der Waals surface area contributed by atoms with Crippen LogP contribution in [0.2, 0.25) is 0 Å². The van der Waals surface area contributed by atoms with Gasteiger partial charge in [0.25, 0.3) is 5.91 Å². The summed E-state index contributed by atoms with van der Waals surface area (Å²) < 4.78 is 24.9. The van der Waals surface area contributed by atoms with Gasteiger partial charge in [0.1, 0.15) is 6.04 Å². The van der Waals surface area contributed by atoms with E-state index >= 15 is 0 Å². The van der Waals surface area contributed by atoms with Gasteiger partial charge in [0.2, 0.25) is 11.8 Å². The molecule has 130 valence electrons. The molecule has 3 amide bonds. The van der Waals surface area contributed by atoms with Gasteiger partial charge in [0.05, 0.1) is 16.2 Å². The van der Waals surface area contributed by atoms with Gasteiger partial charge in [-0.05, 0) is 24.5 Å². The molecule has 2 rings (SSSR count). The number of benzene rings is 1. The Morgan fingerprint density at radius 1 is 1.29 bits per heavy atom. The largest absolute Gasteiger partial charge is 0.340 e. The molecule has 0 bridgehead atoms. The fraction of sp³-hybridized carbons (Fsp3) is 0.438. The molecule has 1 aliphatic heterocycles. The maximum atomic E-state index is 12.5. The maximum Gasteiger partial charge on any atom is 0.253 e. The molecule has 0 aromatic heterocycles. The summed E-state index contributed by atoms with van der Waals surface area (Å²) in [5, 5.41) is 4.65. The highest BCUT2D eigenvalue weighted by Gasteiger charge is 2.30. The third-order valence-corrected chi connectivity index (χ3v) is 5.70. The molecule has 0 aliphatic carbocycles. The monoisotopic (exact) mass is 352 g/mol. The Balaban J connectivity index is 2.25. The van der Waals surface area contributed by atoms with Crippen LogP contribution >= 0.6 is 0 Å². The number of hydrogen-bond donors (Lipinski definition) is 2. The third-order valence-electron chi connectivity index (χ3n) is 3.56. The summed E-state index contributed by atoms with van der Waals surface area (Å²) in [6, 6.07) is 5.06. The van der Waals surface area contributed by atoms with E-state index in [0.717, 1.165) is 0 Å². The summed E-state index contributed by atoms with van der Waals surface area (Å²) in [7, 11) is -3.61. The van der Waals surface area contributed by atoms with Gasteiger partial charge in [-0.15, -0.1) is 0 Å². The molecule has 8 heteroatoms. The number of piperidine rings is 1. The first-order valence-electron chi connectivity index (χ1n) is 7.67. The average Bonchev–Trinajstić information content (AvgIpc) is 2.49. The van der Waals surface area contributed by atoms with Crippen molar-refractivity contribution in [2.24, 2.45) is 5.92 Å². The van der Waals surface area contributed by atoms with Crippen molar-refractivity contribution >= 4 is 27.6 Å². The molecule has 2 N–H and O–H groups in total. The summed E-state index contributed by atoms with van der Waals surface area (Å²) >= 11 is 0. The summed E-state index contributed by atoms with van der Waals surface area (Å²) in [5.74, 6) is -1.77. The molecule has 1 heterocycles. The molecule has 7 nitrogen and oxygen atoms in total. The Morgan fingerprint density at radius 3 is 2.58 bits per heavy atom. The maximum absolute atomic E-state index is 12.5. The molecule has 1 fully saturated rings. The molecule has 1 aromatic rings. The van der Waals surface area contributed by atoms with Crippen LogP contribution in [0.3, 0.4) is 0 Å². The lowest BCUT2D eigenvalue weighted by molar-refractivity contribution is -0.134. The van der Waals surface area contributed by atoms with E-state index in [-0.39, 0.29) is 40.9 Å². The number of amides is 3. The van der Waals surface area contributed by atoms with Crippen LogP contribution in [-0.4, -0.2) is 37.9 Å². The molecule has 1 atom stereocenters. The van der Waals surface area contributed by atoms with Crippen molar-refractivity contribution in [3.8, 4) is 0 Å². The van der Waals surface area contributed by atoms with Gasteiger partial charge >= 0.3 is 0 Å². The SMILES string of the molecule is CC(C)CS(=O)(=O)c1ccccc1C(=O)NC1CCC(=O)NC1=O. The van der Waals surface area contributed by atoms with Crippen LogP contribution in [-0.2, 0) is 19.4 Å². The summed E-state index contributed by atoms with van der Waals surface area (Å²) in [4.78, 5) is 35.3. The number of rotatable bonds is 5. The van der Waals surface area contributed by atoms with Crippen molar-refractivity contribution in [2.75, 3.05) is 5.75 Å². The standard InChI is InChI=1S/C16H20N2O5S/c1-10(2)9-24(22,23)13-6-4-3-5-11(13)15(20)17-12-7-8-14(19)18-16(12)21/h3-6,10,12H,7-9H2,1-2H3,(H,17,20)(H,18,19,21). The first kappa shape index (κ1) is 18.1. The lowest BCUT2D eigenvalue weighted by atomic mass is 10.1. The lowest BCUT2D eigenvalue weighted by Crippen LogP contribution is -2.52. The van der Waals surface area contributed by atoms with Crippen LogP contribution in [0.4, 0.5) is 0 Å². The quantitative estimate of drug-likeness (QED) is 0.756. The normalized spacial score (nSPS) is 18.4. The van der Waals surface area contributed by atoms with Gasteiger partial charge in [0, 0.05) is 6.42 Å². The van der Waals surface area contributed by atoms with Crippen molar-refractivity contribution in [1.82, 2.24) is 10.6 Å². The van der Waals surface area contributed by atoms with Crippen LogP contribution in [0.25, 0.3) is 0 Å². The molecule has 24 heavy (non-hydrogen) atoms. The highest BCUT2D eigenvalue weighted by molar-refractivity contribution is 7.91. The second-order valence-electron chi connectivity index (χ2n) is 6.15. The second kappa shape index (κ2) is 7.12. The molecule has 1 unspecified atom stereocenters. The molecular formula is C16H20N2O5S. The number of hydrogen-bond acceptors (Lipinski definition) is 5. The zero-order valence-corrected chi connectivity index (χ0v) is 14.4. The summed E-state index contributed by atoms with van der Waals surface area (Å²) in [6.07, 6.45) is 0.321. The van der Waals surface area contributed by atoms with Crippen LogP contribution in [0, 0.1) is 5.92 Å². The molecule has 1 aromatic carbocycles. The van der Waals surface area contributed by atoms with E-state index in [1.165, 1.54) is 12.1 Å². The van der Waals surface area contributed by atoms with Crippen molar-refractivity contribution in [1.29, 1.82) is 0 Å². The van der Waals surface area contributed by atoms with Crippen LogP contribution in [0.15, 0.2) is 29.2 Å². The van der Waals surface area contributed by atoms with Crippen molar-refractivity contribution in [3.63, 3.8) is 0 Å². The zero-order chi connectivity index (χ0) is 17.9. The molecule has 0 saturated carbocycles. The van der Waals surface area contributed by atoms with E-state index < -0.39 is 27.7 Å². The van der Waals surface area contributed by atoms with Gasteiger partial charge in [-0.3, -0.25) is 19.7 Å². The Labute approximate surface area is 140 Å². The van der Waals surface area contributed by atoms with Crippen molar-refractivity contribution < 1.29 is 22.8 Å². The van der Waals surface area contributed by atoms with E-state index in [1.54, 1.807) is 26.0 Å². The zero-order valence-electron chi connectivity index (χ0n) is 13.5. The van der Waals surface area contributed by atoms with Crippen LogP contribution in [0.5, 0.6) is 0 Å². The highest BCUT2D eigenvalue weighted by Crippen LogP contribution is 2.19. The van der Waals surface area contributed by atoms with Crippen molar-refractivity contribution in [3.05, 3.63) is 29.8 Å². The van der Waals surface area contributed by atoms with E-state index in [9.17, 15) is 22.8 Å². The van der Waals surface area contributed by atoms with Crippen LogP contribution < -0.4 is 10.6 Å². The predicted molar refractivity (Wildman–Crippen MR) is 87.0 cm³/mol. The number of imide groups is 1. The number of carbonyl (C=O) groups is 3.